The lowest BCUT2D eigenvalue weighted by Crippen LogP contribution is -2.32. The van der Waals surface area contributed by atoms with E-state index in [0.29, 0.717) is 6.04 Å². The monoisotopic (exact) mass is 347 g/mol. The van der Waals surface area contributed by atoms with Crippen molar-refractivity contribution in [3.05, 3.63) is 40.4 Å². The van der Waals surface area contributed by atoms with Crippen LogP contribution in [0.3, 0.4) is 0 Å². The third-order valence-electron chi connectivity index (χ3n) is 4.56. The Morgan fingerprint density at radius 1 is 1.30 bits per heavy atom. The Labute approximate surface area is 144 Å². The predicted molar refractivity (Wildman–Crippen MR) is 95.0 cm³/mol. The Morgan fingerprint density at radius 2 is 2.22 bits per heavy atom. The van der Waals surface area contributed by atoms with Gasteiger partial charge in [-0.25, -0.2) is 4.98 Å². The van der Waals surface area contributed by atoms with Crippen LogP contribution in [0.15, 0.2) is 29.7 Å². The van der Waals surface area contributed by atoms with Crippen molar-refractivity contribution in [2.45, 2.75) is 38.3 Å². The summed E-state index contributed by atoms with van der Waals surface area (Å²) in [5, 5.41) is 12.5. The zero-order valence-electron chi connectivity index (χ0n) is 13.0. The van der Waals surface area contributed by atoms with Gasteiger partial charge in [0.2, 0.25) is 5.13 Å². The highest BCUT2D eigenvalue weighted by atomic mass is 32.1. The van der Waals surface area contributed by atoms with Crippen molar-refractivity contribution in [1.82, 2.24) is 9.36 Å². The normalized spacial score (nSPS) is 23.5. The molecule has 1 N–H and O–H groups in total. The topological polar surface area (TPSA) is 49.2 Å². The fraction of sp³-hybridized carbons (Fsp3) is 0.529. The molecule has 0 aromatic carbocycles. The van der Waals surface area contributed by atoms with Gasteiger partial charge in [0.1, 0.15) is 5.82 Å². The molecule has 2 aliphatic carbocycles. The molecule has 2 aromatic rings. The van der Waals surface area contributed by atoms with Crippen LogP contribution in [0.4, 0.5) is 5.13 Å². The van der Waals surface area contributed by atoms with Crippen LogP contribution in [-0.2, 0) is 13.0 Å². The first-order valence-electron chi connectivity index (χ1n) is 8.22. The van der Waals surface area contributed by atoms with Crippen molar-refractivity contribution >= 4 is 28.0 Å². The molecule has 1 saturated carbocycles. The lowest BCUT2D eigenvalue weighted by Gasteiger charge is -2.27. The van der Waals surface area contributed by atoms with Gasteiger partial charge in [-0.3, -0.25) is 0 Å². The van der Waals surface area contributed by atoms with E-state index >= 15 is 0 Å². The number of aliphatic hydroxyl groups is 1. The summed E-state index contributed by atoms with van der Waals surface area (Å²) in [7, 11) is 0. The molecule has 0 saturated heterocycles. The third-order valence-corrected chi connectivity index (χ3v) is 6.21. The molecule has 4 rings (SSSR count). The van der Waals surface area contributed by atoms with Crippen LogP contribution >= 0.6 is 22.9 Å². The fourth-order valence-corrected chi connectivity index (χ4v) is 4.50. The van der Waals surface area contributed by atoms with Gasteiger partial charge in [-0.05, 0) is 36.6 Å². The number of aromatic nitrogens is 2. The molecular weight excluding hydrogens is 326 g/mol. The van der Waals surface area contributed by atoms with E-state index in [1.807, 2.05) is 0 Å². The second kappa shape index (κ2) is 6.71. The maximum Gasteiger partial charge on any atom is 0.206 e. The predicted octanol–water partition coefficient (Wildman–Crippen LogP) is 3.50. The molecule has 2 heterocycles. The van der Waals surface area contributed by atoms with Crippen molar-refractivity contribution in [2.75, 3.05) is 11.5 Å². The van der Waals surface area contributed by atoms with Gasteiger partial charge in [-0.15, -0.1) is 11.3 Å². The number of hydrogen-bond acceptors (Lipinski definition) is 6. The Bertz CT molecular complexity index is 663. The molecule has 2 aromatic heterocycles. The molecule has 2 aliphatic rings. The second-order valence-corrected chi connectivity index (χ2v) is 8.24. The maximum atomic E-state index is 9.41. The quantitative estimate of drug-likeness (QED) is 0.779. The SMILES string of the molecule is OC[C@H]1C=C[C@@H](N(Cc2cccs2)c2nc(CC3CC3)ns2)C1. The van der Waals surface area contributed by atoms with E-state index in [1.165, 1.54) is 29.3 Å². The highest BCUT2D eigenvalue weighted by Gasteiger charge is 2.28. The minimum Gasteiger partial charge on any atom is -0.396 e. The Kier molecular flexibility index (Phi) is 4.46. The summed E-state index contributed by atoms with van der Waals surface area (Å²) >= 11 is 3.30. The zero-order chi connectivity index (χ0) is 15.6. The molecule has 4 nitrogen and oxygen atoms in total. The molecule has 1 fully saturated rings. The number of anilines is 1. The van der Waals surface area contributed by atoms with Gasteiger partial charge in [0.15, 0.2) is 0 Å². The van der Waals surface area contributed by atoms with E-state index < -0.39 is 0 Å². The molecule has 0 spiro atoms. The van der Waals surface area contributed by atoms with Gasteiger partial charge in [-0.1, -0.05) is 18.2 Å². The van der Waals surface area contributed by atoms with E-state index in [1.54, 1.807) is 11.3 Å². The maximum absolute atomic E-state index is 9.41. The van der Waals surface area contributed by atoms with E-state index in [0.717, 1.165) is 36.3 Å². The summed E-state index contributed by atoms with van der Waals surface area (Å²) in [5.41, 5.74) is 0. The lowest BCUT2D eigenvalue weighted by atomic mass is 10.1. The molecule has 122 valence electrons. The zero-order valence-corrected chi connectivity index (χ0v) is 14.6. The second-order valence-electron chi connectivity index (χ2n) is 6.48. The van der Waals surface area contributed by atoms with Gasteiger partial charge >= 0.3 is 0 Å². The third kappa shape index (κ3) is 3.65. The summed E-state index contributed by atoms with van der Waals surface area (Å²) in [6.45, 7) is 1.09. The van der Waals surface area contributed by atoms with Crippen molar-refractivity contribution in [2.24, 2.45) is 11.8 Å². The fourth-order valence-electron chi connectivity index (χ4n) is 3.04. The molecule has 0 amide bonds. The average Bonchev–Trinajstić information content (AvgIpc) is 3.03. The molecule has 23 heavy (non-hydrogen) atoms. The van der Waals surface area contributed by atoms with E-state index in [9.17, 15) is 5.11 Å². The van der Waals surface area contributed by atoms with Gasteiger partial charge < -0.3 is 10.0 Å². The molecule has 0 unspecified atom stereocenters. The summed E-state index contributed by atoms with van der Waals surface area (Å²) in [4.78, 5) is 8.50. The van der Waals surface area contributed by atoms with Gasteiger partial charge in [0.25, 0.3) is 0 Å². The largest absolute Gasteiger partial charge is 0.396 e. The minimum atomic E-state index is 0.225. The van der Waals surface area contributed by atoms with Crippen molar-refractivity contribution in [1.29, 1.82) is 0 Å². The lowest BCUT2D eigenvalue weighted by molar-refractivity contribution is 0.248. The van der Waals surface area contributed by atoms with Crippen LogP contribution in [0, 0.1) is 11.8 Å². The molecule has 2 atom stereocenters. The van der Waals surface area contributed by atoms with Crippen LogP contribution < -0.4 is 4.90 Å². The summed E-state index contributed by atoms with van der Waals surface area (Å²) in [6.07, 6.45) is 9.01. The summed E-state index contributed by atoms with van der Waals surface area (Å²) in [6, 6.07) is 4.57. The summed E-state index contributed by atoms with van der Waals surface area (Å²) < 4.78 is 4.58. The molecule has 0 radical (unpaired) electrons. The first-order valence-corrected chi connectivity index (χ1v) is 9.88. The van der Waals surface area contributed by atoms with E-state index in [2.05, 4.69) is 38.9 Å². The first kappa shape index (κ1) is 15.3. The molecule has 6 heteroatoms. The van der Waals surface area contributed by atoms with Gasteiger partial charge in [0, 0.05) is 35.4 Å². The minimum absolute atomic E-state index is 0.225. The van der Waals surface area contributed by atoms with E-state index in [-0.39, 0.29) is 12.5 Å². The number of thiophene rings is 1. The Morgan fingerprint density at radius 3 is 2.91 bits per heavy atom. The first-order chi connectivity index (χ1) is 11.3. The van der Waals surface area contributed by atoms with Crippen LogP contribution in [0.5, 0.6) is 0 Å². The van der Waals surface area contributed by atoms with Crippen LogP contribution in [0.1, 0.15) is 30.0 Å². The number of rotatable bonds is 7. The average molecular weight is 348 g/mol. The highest BCUT2D eigenvalue weighted by molar-refractivity contribution is 7.10. The standard InChI is InChI=1S/C17H21N3OS2/c21-11-13-5-6-14(8-13)20(10-15-2-1-7-22-15)17-18-16(19-23-17)9-12-3-4-12/h1-2,5-7,12-14,21H,3-4,8-11H2/t13-,14+/m0/s1. The van der Waals surface area contributed by atoms with Crippen molar-refractivity contribution in [3.63, 3.8) is 0 Å². The molecule has 0 aliphatic heterocycles. The van der Waals surface area contributed by atoms with Crippen LogP contribution in [0.2, 0.25) is 0 Å². The Balaban J connectivity index is 1.53. The smallest absolute Gasteiger partial charge is 0.206 e. The van der Waals surface area contributed by atoms with Crippen LogP contribution in [0.25, 0.3) is 0 Å². The number of aliphatic hydroxyl groups excluding tert-OH is 1. The molecule has 0 bridgehead atoms. The van der Waals surface area contributed by atoms with Crippen molar-refractivity contribution in [3.8, 4) is 0 Å². The van der Waals surface area contributed by atoms with Gasteiger partial charge in [0.05, 0.1) is 12.6 Å². The van der Waals surface area contributed by atoms with E-state index in [4.69, 9.17) is 4.98 Å². The van der Waals surface area contributed by atoms with Gasteiger partial charge in [-0.2, -0.15) is 4.37 Å². The number of nitrogens with zero attached hydrogens (tertiary/aromatic N) is 3. The van der Waals surface area contributed by atoms with Crippen LogP contribution in [-0.4, -0.2) is 27.1 Å². The van der Waals surface area contributed by atoms with Crippen molar-refractivity contribution < 1.29 is 5.11 Å². The highest BCUT2D eigenvalue weighted by Crippen LogP contribution is 2.34. The Hall–Kier alpha value is -1.24. The summed E-state index contributed by atoms with van der Waals surface area (Å²) in [5.74, 6) is 2.09. The number of hydrogen-bond donors (Lipinski definition) is 1. The molecular formula is C17H21N3OS2.